The Bertz CT molecular complexity index is 1980. The first kappa shape index (κ1) is 28.8. The Morgan fingerprint density at radius 3 is 2.57 bits per heavy atom. The van der Waals surface area contributed by atoms with Gasteiger partial charge in [-0.25, -0.2) is 13.8 Å². The number of rotatable bonds is 10. The van der Waals surface area contributed by atoms with E-state index in [9.17, 15) is 9.18 Å². The van der Waals surface area contributed by atoms with E-state index < -0.39 is 11.6 Å². The van der Waals surface area contributed by atoms with Crippen molar-refractivity contribution in [3.05, 3.63) is 66.9 Å². The lowest BCUT2D eigenvalue weighted by atomic mass is 10.1. The molecule has 13 heteroatoms. The second-order valence-corrected chi connectivity index (χ2v) is 10.7. The summed E-state index contributed by atoms with van der Waals surface area (Å²) in [4.78, 5) is 34.9. The van der Waals surface area contributed by atoms with E-state index in [1.54, 1.807) is 18.5 Å². The van der Waals surface area contributed by atoms with Crippen LogP contribution in [0.15, 0.2) is 55.2 Å². The molecule has 0 aliphatic heterocycles. The highest BCUT2D eigenvalue weighted by Gasteiger charge is 2.22. The molecule has 1 amide bonds. The standard InChI is InChI=1S/C31H30F2N10O/c1-4-5-25(44)38-21-10-18(12-34-13-21)28-27(33)26-23(16-37-28)41-42-30(26)31-39-24-15-35-14-22(29(24)40-31)17-8-19(32)11-20(9-17)36-6-7-43(2)3/h8-16,36H,4-7H2,1-3H3,(H,38,44)(H,39,40)(H,41,42). The highest BCUT2D eigenvalue weighted by atomic mass is 19.1. The van der Waals surface area contributed by atoms with Gasteiger partial charge in [-0.3, -0.25) is 24.8 Å². The molecule has 224 valence electrons. The fourth-order valence-electron chi connectivity index (χ4n) is 4.96. The Labute approximate surface area is 251 Å². The topological polar surface area (TPSA) is 140 Å². The van der Waals surface area contributed by atoms with E-state index in [-0.39, 0.29) is 22.7 Å². The molecule has 11 nitrogen and oxygen atoms in total. The fourth-order valence-corrected chi connectivity index (χ4v) is 4.96. The van der Waals surface area contributed by atoms with Gasteiger partial charge in [-0.15, -0.1) is 0 Å². The molecule has 5 heterocycles. The van der Waals surface area contributed by atoms with Crippen molar-refractivity contribution in [2.75, 3.05) is 37.8 Å². The van der Waals surface area contributed by atoms with Gasteiger partial charge in [-0.2, -0.15) is 5.10 Å². The average Bonchev–Trinajstić information content (AvgIpc) is 3.62. The molecule has 1 aromatic carbocycles. The number of hydrogen-bond acceptors (Lipinski definition) is 8. The Morgan fingerprint density at radius 1 is 0.932 bits per heavy atom. The Kier molecular flexibility index (Phi) is 7.94. The molecular weight excluding hydrogens is 566 g/mol. The van der Waals surface area contributed by atoms with Crippen molar-refractivity contribution in [2.24, 2.45) is 0 Å². The molecule has 0 radical (unpaired) electrons. The molecule has 44 heavy (non-hydrogen) atoms. The number of amides is 1. The fraction of sp³-hybridized carbons (Fsp3) is 0.226. The third kappa shape index (κ3) is 5.81. The lowest BCUT2D eigenvalue weighted by molar-refractivity contribution is -0.116. The van der Waals surface area contributed by atoms with Crippen LogP contribution in [0.2, 0.25) is 0 Å². The largest absolute Gasteiger partial charge is 0.384 e. The van der Waals surface area contributed by atoms with Gasteiger partial charge in [0.15, 0.2) is 11.6 Å². The van der Waals surface area contributed by atoms with Crippen LogP contribution in [0.5, 0.6) is 0 Å². The van der Waals surface area contributed by atoms with Gasteiger partial charge in [-0.05, 0) is 50.3 Å². The number of aromatic nitrogens is 7. The number of nitrogens with zero attached hydrogens (tertiary/aromatic N) is 6. The zero-order valence-electron chi connectivity index (χ0n) is 24.4. The number of carbonyl (C=O) groups is 1. The van der Waals surface area contributed by atoms with E-state index in [1.165, 1.54) is 30.7 Å². The number of carbonyl (C=O) groups excluding carboxylic acids is 1. The number of pyridine rings is 3. The van der Waals surface area contributed by atoms with Crippen LogP contribution in [0.1, 0.15) is 19.8 Å². The number of halogens is 2. The molecule has 0 fully saturated rings. The summed E-state index contributed by atoms with van der Waals surface area (Å²) in [6, 6.07) is 6.34. The van der Waals surface area contributed by atoms with Crippen LogP contribution >= 0.6 is 0 Å². The minimum atomic E-state index is -0.623. The number of nitrogens with one attached hydrogen (secondary N) is 4. The molecule has 0 bridgehead atoms. The van der Waals surface area contributed by atoms with Crippen LogP contribution in [-0.2, 0) is 4.79 Å². The molecule has 0 unspecified atom stereocenters. The normalized spacial score (nSPS) is 11.5. The van der Waals surface area contributed by atoms with Crippen LogP contribution in [0.25, 0.3) is 55.8 Å². The van der Waals surface area contributed by atoms with Gasteiger partial charge in [0.2, 0.25) is 5.91 Å². The van der Waals surface area contributed by atoms with Crippen molar-refractivity contribution < 1.29 is 13.6 Å². The smallest absolute Gasteiger partial charge is 0.224 e. The first-order chi connectivity index (χ1) is 21.3. The number of likely N-dealkylation sites (N-methyl/N-ethyl adjacent to an activating group) is 1. The first-order valence-corrected chi connectivity index (χ1v) is 14.1. The van der Waals surface area contributed by atoms with E-state index in [2.05, 4.69) is 40.8 Å². The van der Waals surface area contributed by atoms with Gasteiger partial charge < -0.3 is 20.5 Å². The first-order valence-electron chi connectivity index (χ1n) is 14.1. The molecule has 6 rings (SSSR count). The maximum absolute atomic E-state index is 16.1. The lowest BCUT2D eigenvalue weighted by Crippen LogP contribution is -2.20. The summed E-state index contributed by atoms with van der Waals surface area (Å²) >= 11 is 0. The van der Waals surface area contributed by atoms with Crippen molar-refractivity contribution in [1.29, 1.82) is 0 Å². The SMILES string of the molecule is CCCC(=O)Nc1cncc(-c2ncc3[nH]nc(-c4nc5c(-c6cc(F)cc(NCCN(C)C)c6)cncc5[nH]4)c3c2F)c1. The van der Waals surface area contributed by atoms with Crippen LogP contribution < -0.4 is 10.6 Å². The summed E-state index contributed by atoms with van der Waals surface area (Å²) in [6.07, 6.45) is 8.76. The third-order valence-electron chi connectivity index (χ3n) is 7.03. The lowest BCUT2D eigenvalue weighted by Gasteiger charge is -2.12. The second kappa shape index (κ2) is 12.1. The Hall–Kier alpha value is -5.30. The molecule has 0 saturated heterocycles. The predicted octanol–water partition coefficient (Wildman–Crippen LogP) is 5.62. The zero-order valence-corrected chi connectivity index (χ0v) is 24.4. The zero-order chi connectivity index (χ0) is 30.8. The summed E-state index contributed by atoms with van der Waals surface area (Å²) in [5.41, 5.74) is 4.45. The summed E-state index contributed by atoms with van der Waals surface area (Å²) < 4.78 is 30.8. The minimum Gasteiger partial charge on any atom is -0.384 e. The number of hydrogen-bond donors (Lipinski definition) is 4. The van der Waals surface area contributed by atoms with Gasteiger partial charge in [0, 0.05) is 48.7 Å². The number of H-pyrrole nitrogens is 2. The Morgan fingerprint density at radius 2 is 1.75 bits per heavy atom. The molecule has 5 aromatic heterocycles. The summed E-state index contributed by atoms with van der Waals surface area (Å²) in [7, 11) is 3.94. The summed E-state index contributed by atoms with van der Waals surface area (Å²) in [6.45, 7) is 3.34. The molecule has 0 aliphatic rings. The van der Waals surface area contributed by atoms with Crippen LogP contribution in [0.3, 0.4) is 0 Å². The third-order valence-corrected chi connectivity index (χ3v) is 7.03. The summed E-state index contributed by atoms with van der Waals surface area (Å²) in [5, 5.41) is 13.4. The summed E-state index contributed by atoms with van der Waals surface area (Å²) in [5.74, 6) is -0.869. The number of aromatic amines is 2. The number of fused-ring (bicyclic) bond motifs is 2. The predicted molar refractivity (Wildman–Crippen MR) is 166 cm³/mol. The quantitative estimate of drug-likeness (QED) is 0.160. The molecular formula is C31H30F2N10O. The van der Waals surface area contributed by atoms with Crippen molar-refractivity contribution in [3.63, 3.8) is 0 Å². The van der Waals surface area contributed by atoms with E-state index >= 15 is 4.39 Å². The van der Waals surface area contributed by atoms with Crippen LogP contribution in [0, 0.1) is 11.6 Å². The number of imidazole rings is 1. The van der Waals surface area contributed by atoms with E-state index in [4.69, 9.17) is 4.98 Å². The minimum absolute atomic E-state index is 0.0479. The monoisotopic (exact) mass is 596 g/mol. The van der Waals surface area contributed by atoms with Gasteiger partial charge in [0.05, 0.1) is 46.2 Å². The molecule has 0 spiro atoms. The van der Waals surface area contributed by atoms with E-state index in [1.807, 2.05) is 32.0 Å². The van der Waals surface area contributed by atoms with E-state index in [0.29, 0.717) is 69.8 Å². The highest BCUT2D eigenvalue weighted by molar-refractivity contribution is 5.98. The van der Waals surface area contributed by atoms with E-state index in [0.717, 1.165) is 6.54 Å². The van der Waals surface area contributed by atoms with Crippen molar-refractivity contribution in [1.82, 2.24) is 40.0 Å². The highest BCUT2D eigenvalue weighted by Crippen LogP contribution is 2.35. The van der Waals surface area contributed by atoms with Gasteiger partial charge in [0.1, 0.15) is 17.2 Å². The molecule has 4 N–H and O–H groups in total. The second-order valence-electron chi connectivity index (χ2n) is 10.7. The molecule has 6 aromatic rings. The average molecular weight is 597 g/mol. The maximum Gasteiger partial charge on any atom is 0.224 e. The van der Waals surface area contributed by atoms with Crippen LogP contribution in [-0.4, -0.2) is 73.1 Å². The van der Waals surface area contributed by atoms with Crippen molar-refractivity contribution in [2.45, 2.75) is 19.8 Å². The molecule has 0 aliphatic carbocycles. The van der Waals surface area contributed by atoms with Crippen molar-refractivity contribution >= 4 is 39.2 Å². The van der Waals surface area contributed by atoms with Gasteiger partial charge >= 0.3 is 0 Å². The maximum atomic E-state index is 16.1. The number of benzene rings is 1. The molecule has 0 atom stereocenters. The van der Waals surface area contributed by atoms with Gasteiger partial charge in [0.25, 0.3) is 0 Å². The van der Waals surface area contributed by atoms with Crippen molar-refractivity contribution in [3.8, 4) is 33.9 Å². The molecule has 0 saturated carbocycles. The Balaban J connectivity index is 1.38. The van der Waals surface area contributed by atoms with Crippen LogP contribution in [0.4, 0.5) is 20.2 Å². The van der Waals surface area contributed by atoms with Gasteiger partial charge in [-0.1, -0.05) is 6.92 Å². The number of anilines is 2.